The van der Waals surface area contributed by atoms with Crippen molar-refractivity contribution in [2.24, 2.45) is 0 Å². The summed E-state index contributed by atoms with van der Waals surface area (Å²) in [7, 11) is 0. The lowest BCUT2D eigenvalue weighted by Crippen LogP contribution is -2.01. The van der Waals surface area contributed by atoms with Gasteiger partial charge in [-0.25, -0.2) is 9.97 Å². The van der Waals surface area contributed by atoms with E-state index in [1.807, 2.05) is 18.2 Å². The molecule has 0 aliphatic heterocycles. The number of aromatic nitrogens is 2. The van der Waals surface area contributed by atoms with Crippen LogP contribution in [0.1, 0.15) is 11.7 Å². The van der Waals surface area contributed by atoms with Crippen LogP contribution in [0, 0.1) is 0 Å². The molecule has 0 saturated heterocycles. The van der Waals surface area contributed by atoms with E-state index in [1.54, 1.807) is 18.3 Å². The molecule has 3 N–H and O–H groups in total. The summed E-state index contributed by atoms with van der Waals surface area (Å²) in [5.74, 6) is 0.542. The molecule has 0 bridgehead atoms. The van der Waals surface area contributed by atoms with Gasteiger partial charge in [0.1, 0.15) is 6.33 Å². The fraction of sp³-hybridized carbons (Fsp3) is 0.167. The van der Waals surface area contributed by atoms with Crippen LogP contribution >= 0.6 is 11.8 Å². The Morgan fingerprint density at radius 2 is 2.24 bits per heavy atom. The Bertz CT molecular complexity index is 478. The molecule has 1 atom stereocenters. The summed E-state index contributed by atoms with van der Waals surface area (Å²) in [5.41, 5.74) is 7.15. The standard InChI is InChI=1S/C12H13N3OS/c13-10-3-1-2-9(6-10)11(16)7-17-12-4-5-14-8-15-12/h1-6,8,11,16H,7,13H2. The third-order valence-electron chi connectivity index (χ3n) is 2.24. The molecule has 17 heavy (non-hydrogen) atoms. The van der Waals surface area contributed by atoms with Gasteiger partial charge < -0.3 is 10.8 Å². The van der Waals surface area contributed by atoms with Crippen molar-refractivity contribution in [3.63, 3.8) is 0 Å². The number of aliphatic hydroxyl groups is 1. The molecule has 0 spiro atoms. The summed E-state index contributed by atoms with van der Waals surface area (Å²) >= 11 is 1.49. The lowest BCUT2D eigenvalue weighted by atomic mass is 10.1. The number of hydrogen-bond acceptors (Lipinski definition) is 5. The Balaban J connectivity index is 1.96. The number of thioether (sulfide) groups is 1. The molecule has 4 nitrogen and oxygen atoms in total. The van der Waals surface area contributed by atoms with E-state index in [0.29, 0.717) is 11.4 Å². The minimum atomic E-state index is -0.543. The topological polar surface area (TPSA) is 72.0 Å². The average Bonchev–Trinajstić information content (AvgIpc) is 2.37. The summed E-state index contributed by atoms with van der Waals surface area (Å²) in [4.78, 5) is 7.92. The predicted molar refractivity (Wildman–Crippen MR) is 68.6 cm³/mol. The highest BCUT2D eigenvalue weighted by atomic mass is 32.2. The van der Waals surface area contributed by atoms with Gasteiger partial charge in [0.05, 0.1) is 11.1 Å². The van der Waals surface area contributed by atoms with Gasteiger partial charge in [-0.15, -0.1) is 11.8 Å². The van der Waals surface area contributed by atoms with E-state index in [2.05, 4.69) is 9.97 Å². The Morgan fingerprint density at radius 1 is 1.35 bits per heavy atom. The van der Waals surface area contributed by atoms with Gasteiger partial charge in [0.15, 0.2) is 0 Å². The minimum Gasteiger partial charge on any atom is -0.399 e. The zero-order valence-electron chi connectivity index (χ0n) is 9.15. The average molecular weight is 247 g/mol. The quantitative estimate of drug-likeness (QED) is 0.490. The van der Waals surface area contributed by atoms with Crippen LogP contribution in [0.2, 0.25) is 0 Å². The van der Waals surface area contributed by atoms with Crippen LogP contribution in [0.25, 0.3) is 0 Å². The van der Waals surface area contributed by atoms with Gasteiger partial charge in [-0.05, 0) is 23.8 Å². The second-order valence-corrected chi connectivity index (χ2v) is 4.58. The number of nitrogens with zero attached hydrogens (tertiary/aromatic N) is 2. The first-order chi connectivity index (χ1) is 8.25. The zero-order chi connectivity index (χ0) is 12.1. The summed E-state index contributed by atoms with van der Waals surface area (Å²) < 4.78 is 0. The Kier molecular flexibility index (Phi) is 3.95. The van der Waals surface area contributed by atoms with Crippen molar-refractivity contribution in [3.8, 4) is 0 Å². The molecule has 1 heterocycles. The van der Waals surface area contributed by atoms with E-state index < -0.39 is 6.10 Å². The van der Waals surface area contributed by atoms with E-state index >= 15 is 0 Å². The highest BCUT2D eigenvalue weighted by molar-refractivity contribution is 7.99. The first-order valence-electron chi connectivity index (χ1n) is 5.18. The SMILES string of the molecule is Nc1cccc(C(O)CSc2ccncn2)c1. The molecule has 0 aliphatic carbocycles. The van der Waals surface area contributed by atoms with Crippen molar-refractivity contribution in [1.29, 1.82) is 0 Å². The number of benzene rings is 1. The lowest BCUT2D eigenvalue weighted by Gasteiger charge is -2.10. The zero-order valence-corrected chi connectivity index (χ0v) is 9.97. The summed E-state index contributed by atoms with van der Waals surface area (Å²) in [6.07, 6.45) is 2.63. The van der Waals surface area contributed by atoms with E-state index in [0.717, 1.165) is 10.6 Å². The first-order valence-corrected chi connectivity index (χ1v) is 6.16. The smallest absolute Gasteiger partial charge is 0.116 e. The maximum absolute atomic E-state index is 9.99. The maximum Gasteiger partial charge on any atom is 0.116 e. The third-order valence-corrected chi connectivity index (χ3v) is 3.26. The summed E-state index contributed by atoms with van der Waals surface area (Å²) in [6, 6.07) is 9.10. The van der Waals surface area contributed by atoms with Gasteiger partial charge in [-0.3, -0.25) is 0 Å². The van der Waals surface area contributed by atoms with E-state index in [-0.39, 0.29) is 0 Å². The van der Waals surface area contributed by atoms with Gasteiger partial charge >= 0.3 is 0 Å². The fourth-order valence-electron chi connectivity index (χ4n) is 1.39. The normalized spacial score (nSPS) is 12.3. The van der Waals surface area contributed by atoms with Gasteiger partial charge in [-0.2, -0.15) is 0 Å². The predicted octanol–water partition coefficient (Wildman–Crippen LogP) is 1.88. The second kappa shape index (κ2) is 5.65. The highest BCUT2D eigenvalue weighted by Gasteiger charge is 2.08. The molecule has 0 aliphatic rings. The van der Waals surface area contributed by atoms with Crippen molar-refractivity contribution < 1.29 is 5.11 Å². The molecular weight excluding hydrogens is 234 g/mol. The fourth-order valence-corrected chi connectivity index (χ4v) is 2.19. The van der Waals surface area contributed by atoms with Gasteiger partial charge in [0.2, 0.25) is 0 Å². The number of anilines is 1. The molecule has 0 amide bonds. The van der Waals surface area contributed by atoms with Crippen LogP contribution in [-0.4, -0.2) is 20.8 Å². The molecule has 0 saturated carbocycles. The number of nitrogens with two attached hydrogens (primary N) is 1. The van der Waals surface area contributed by atoms with Crippen molar-refractivity contribution in [2.75, 3.05) is 11.5 Å². The van der Waals surface area contributed by atoms with E-state index in [1.165, 1.54) is 18.1 Å². The van der Waals surface area contributed by atoms with Crippen LogP contribution in [-0.2, 0) is 0 Å². The number of nitrogen functional groups attached to an aromatic ring is 1. The minimum absolute atomic E-state index is 0.542. The molecule has 5 heteroatoms. The highest BCUT2D eigenvalue weighted by Crippen LogP contribution is 2.23. The summed E-state index contributed by atoms with van der Waals surface area (Å²) in [5, 5.41) is 10.8. The van der Waals surface area contributed by atoms with Crippen LogP contribution < -0.4 is 5.73 Å². The molecule has 1 unspecified atom stereocenters. The maximum atomic E-state index is 9.99. The third kappa shape index (κ3) is 3.44. The van der Waals surface area contributed by atoms with Crippen molar-refractivity contribution in [2.45, 2.75) is 11.1 Å². The molecule has 0 radical (unpaired) electrons. The Hall–Kier alpha value is -1.59. The van der Waals surface area contributed by atoms with Gasteiger partial charge in [0, 0.05) is 17.6 Å². The van der Waals surface area contributed by atoms with Crippen LogP contribution in [0.4, 0.5) is 5.69 Å². The van der Waals surface area contributed by atoms with Crippen molar-refractivity contribution >= 4 is 17.4 Å². The molecule has 1 aromatic carbocycles. The van der Waals surface area contributed by atoms with E-state index in [9.17, 15) is 5.11 Å². The number of aliphatic hydroxyl groups excluding tert-OH is 1. The van der Waals surface area contributed by atoms with Crippen molar-refractivity contribution in [3.05, 3.63) is 48.4 Å². The monoisotopic (exact) mass is 247 g/mol. The molecule has 0 fully saturated rings. The van der Waals surface area contributed by atoms with Crippen LogP contribution in [0.5, 0.6) is 0 Å². The Labute approximate surface area is 104 Å². The van der Waals surface area contributed by atoms with Crippen LogP contribution in [0.15, 0.2) is 47.9 Å². The van der Waals surface area contributed by atoms with Crippen LogP contribution in [0.3, 0.4) is 0 Å². The van der Waals surface area contributed by atoms with Gasteiger partial charge in [-0.1, -0.05) is 12.1 Å². The molecular formula is C12H13N3OS. The summed E-state index contributed by atoms with van der Waals surface area (Å²) in [6.45, 7) is 0. The van der Waals surface area contributed by atoms with E-state index in [4.69, 9.17) is 5.73 Å². The number of hydrogen-bond donors (Lipinski definition) is 2. The molecule has 2 rings (SSSR count). The molecule has 88 valence electrons. The van der Waals surface area contributed by atoms with Gasteiger partial charge in [0.25, 0.3) is 0 Å². The van der Waals surface area contributed by atoms with Crippen molar-refractivity contribution in [1.82, 2.24) is 9.97 Å². The first kappa shape index (κ1) is 11.9. The molecule has 2 aromatic rings. The number of rotatable bonds is 4. The lowest BCUT2D eigenvalue weighted by molar-refractivity contribution is 0.204. The Morgan fingerprint density at radius 3 is 2.94 bits per heavy atom. The molecule has 1 aromatic heterocycles. The largest absolute Gasteiger partial charge is 0.399 e. The second-order valence-electron chi connectivity index (χ2n) is 3.54.